The summed E-state index contributed by atoms with van der Waals surface area (Å²) in [5.41, 5.74) is 1.86. The van der Waals surface area contributed by atoms with Crippen molar-refractivity contribution in [3.63, 3.8) is 0 Å². The lowest BCUT2D eigenvalue weighted by atomic mass is 10.1. The minimum Gasteiger partial charge on any atom is -0.322 e. The monoisotopic (exact) mass is 243 g/mol. The lowest BCUT2D eigenvalue weighted by molar-refractivity contribution is 0.102. The highest BCUT2D eigenvalue weighted by Gasteiger charge is 2.10. The van der Waals surface area contributed by atoms with Gasteiger partial charge in [-0.2, -0.15) is 0 Å². The quantitative estimate of drug-likeness (QED) is 0.876. The van der Waals surface area contributed by atoms with Crippen molar-refractivity contribution in [2.75, 3.05) is 5.32 Å². The van der Waals surface area contributed by atoms with Crippen LogP contribution in [0.25, 0.3) is 0 Å². The number of benzene rings is 2. The van der Waals surface area contributed by atoms with Crippen LogP contribution < -0.4 is 5.32 Å². The molecule has 2 aromatic carbocycles. The topological polar surface area (TPSA) is 29.1 Å². The molecule has 0 unspecified atom stereocenters. The van der Waals surface area contributed by atoms with Gasteiger partial charge in [0.05, 0.1) is 5.56 Å². The second-order valence-corrected chi connectivity index (χ2v) is 3.99. The van der Waals surface area contributed by atoms with E-state index in [1.807, 2.05) is 25.1 Å². The smallest absolute Gasteiger partial charge is 0.258 e. The third-order valence-electron chi connectivity index (χ3n) is 2.71. The minimum absolute atomic E-state index is 0.0550. The van der Waals surface area contributed by atoms with E-state index in [4.69, 9.17) is 0 Å². The Bertz CT molecular complexity index is 566. The number of hydrogen-bond acceptors (Lipinski definition) is 1. The summed E-state index contributed by atoms with van der Waals surface area (Å²) in [5, 5.41) is 2.69. The first-order valence-electron chi connectivity index (χ1n) is 5.85. The Labute approximate surface area is 105 Å². The molecule has 1 amide bonds. The van der Waals surface area contributed by atoms with E-state index in [0.29, 0.717) is 5.69 Å². The number of carbonyl (C=O) groups is 1. The normalized spacial score (nSPS) is 10.1. The van der Waals surface area contributed by atoms with Gasteiger partial charge in [0.25, 0.3) is 5.91 Å². The van der Waals surface area contributed by atoms with Crippen molar-refractivity contribution >= 4 is 11.6 Å². The molecule has 2 rings (SSSR count). The number of carbonyl (C=O) groups excluding carboxylic acids is 1. The molecule has 0 saturated carbocycles. The van der Waals surface area contributed by atoms with Crippen LogP contribution in [0.2, 0.25) is 0 Å². The zero-order valence-corrected chi connectivity index (χ0v) is 10.1. The van der Waals surface area contributed by atoms with Gasteiger partial charge in [-0.15, -0.1) is 0 Å². The van der Waals surface area contributed by atoms with Gasteiger partial charge in [-0.1, -0.05) is 31.2 Å². The van der Waals surface area contributed by atoms with Crippen molar-refractivity contribution in [3.8, 4) is 0 Å². The van der Waals surface area contributed by atoms with E-state index >= 15 is 0 Å². The summed E-state index contributed by atoms with van der Waals surface area (Å²) < 4.78 is 13.4. The lowest BCUT2D eigenvalue weighted by Gasteiger charge is -2.07. The SMILES string of the molecule is CCc1cccc(NC(=O)c2ccccc2F)c1. The first kappa shape index (κ1) is 12.3. The number of hydrogen-bond donors (Lipinski definition) is 1. The Hall–Kier alpha value is -2.16. The van der Waals surface area contributed by atoms with E-state index in [1.54, 1.807) is 18.2 Å². The highest BCUT2D eigenvalue weighted by atomic mass is 19.1. The van der Waals surface area contributed by atoms with Gasteiger partial charge in [0.2, 0.25) is 0 Å². The van der Waals surface area contributed by atoms with Crippen molar-refractivity contribution in [2.24, 2.45) is 0 Å². The van der Waals surface area contributed by atoms with Gasteiger partial charge in [-0.3, -0.25) is 4.79 Å². The van der Waals surface area contributed by atoms with Gasteiger partial charge < -0.3 is 5.32 Å². The molecule has 0 atom stereocenters. The van der Waals surface area contributed by atoms with Crippen molar-refractivity contribution in [3.05, 3.63) is 65.5 Å². The van der Waals surface area contributed by atoms with Crippen LogP contribution in [0.5, 0.6) is 0 Å². The fourth-order valence-corrected chi connectivity index (χ4v) is 1.71. The molecule has 2 aromatic rings. The van der Waals surface area contributed by atoms with Crippen molar-refractivity contribution in [2.45, 2.75) is 13.3 Å². The van der Waals surface area contributed by atoms with E-state index in [9.17, 15) is 9.18 Å². The molecule has 0 spiro atoms. The highest BCUT2D eigenvalue weighted by molar-refractivity contribution is 6.04. The first-order valence-corrected chi connectivity index (χ1v) is 5.85. The van der Waals surface area contributed by atoms with Crippen LogP contribution in [0, 0.1) is 5.82 Å². The number of nitrogens with one attached hydrogen (secondary N) is 1. The van der Waals surface area contributed by atoms with Crippen molar-refractivity contribution in [1.82, 2.24) is 0 Å². The maximum atomic E-state index is 13.4. The number of rotatable bonds is 3. The van der Waals surface area contributed by atoms with E-state index in [0.717, 1.165) is 12.0 Å². The molecule has 0 radical (unpaired) electrons. The zero-order chi connectivity index (χ0) is 13.0. The van der Waals surface area contributed by atoms with Crippen LogP contribution in [0.4, 0.5) is 10.1 Å². The summed E-state index contributed by atoms with van der Waals surface area (Å²) in [5.74, 6) is -0.942. The minimum atomic E-state index is -0.512. The Kier molecular flexibility index (Phi) is 3.72. The molecule has 3 heteroatoms. The summed E-state index contributed by atoms with van der Waals surface area (Å²) in [6, 6.07) is 13.5. The predicted octanol–water partition coefficient (Wildman–Crippen LogP) is 3.64. The molecule has 0 heterocycles. The molecule has 92 valence electrons. The Morgan fingerprint density at radius 1 is 1.17 bits per heavy atom. The number of halogens is 1. The van der Waals surface area contributed by atoms with Gasteiger partial charge in [-0.05, 0) is 36.2 Å². The van der Waals surface area contributed by atoms with Gasteiger partial charge in [0.1, 0.15) is 5.82 Å². The molecule has 18 heavy (non-hydrogen) atoms. The third kappa shape index (κ3) is 2.74. The second-order valence-electron chi connectivity index (χ2n) is 3.99. The molecular formula is C15H14FNO. The number of anilines is 1. The maximum absolute atomic E-state index is 13.4. The largest absolute Gasteiger partial charge is 0.322 e. The first-order chi connectivity index (χ1) is 8.70. The molecule has 0 bridgehead atoms. The third-order valence-corrected chi connectivity index (χ3v) is 2.71. The Morgan fingerprint density at radius 3 is 2.67 bits per heavy atom. The van der Waals surface area contributed by atoms with Crippen LogP contribution in [0.3, 0.4) is 0 Å². The van der Waals surface area contributed by atoms with Crippen LogP contribution in [0.1, 0.15) is 22.8 Å². The Balaban J connectivity index is 2.19. The maximum Gasteiger partial charge on any atom is 0.258 e. The molecule has 0 aromatic heterocycles. The summed E-state index contributed by atoms with van der Waals surface area (Å²) in [7, 11) is 0. The molecule has 1 N–H and O–H groups in total. The van der Waals surface area contributed by atoms with Gasteiger partial charge in [-0.25, -0.2) is 4.39 Å². The molecule has 0 aliphatic rings. The van der Waals surface area contributed by atoms with E-state index in [-0.39, 0.29) is 5.56 Å². The molecule has 0 saturated heterocycles. The molecule has 0 aliphatic carbocycles. The Morgan fingerprint density at radius 2 is 1.94 bits per heavy atom. The highest BCUT2D eigenvalue weighted by Crippen LogP contribution is 2.14. The molecule has 0 aliphatic heterocycles. The molecular weight excluding hydrogens is 229 g/mol. The van der Waals surface area contributed by atoms with Crippen LogP contribution >= 0.6 is 0 Å². The van der Waals surface area contributed by atoms with E-state index in [2.05, 4.69) is 5.32 Å². The van der Waals surface area contributed by atoms with Crippen molar-refractivity contribution < 1.29 is 9.18 Å². The van der Waals surface area contributed by atoms with Gasteiger partial charge in [0.15, 0.2) is 0 Å². The summed E-state index contributed by atoms with van der Waals surface area (Å²) in [6.45, 7) is 2.04. The van der Waals surface area contributed by atoms with Gasteiger partial charge >= 0.3 is 0 Å². The van der Waals surface area contributed by atoms with Crippen molar-refractivity contribution in [1.29, 1.82) is 0 Å². The summed E-state index contributed by atoms with van der Waals surface area (Å²) in [4.78, 5) is 11.9. The van der Waals surface area contributed by atoms with Crippen LogP contribution in [-0.4, -0.2) is 5.91 Å². The fraction of sp³-hybridized carbons (Fsp3) is 0.133. The van der Waals surface area contributed by atoms with Crippen LogP contribution in [0.15, 0.2) is 48.5 Å². The lowest BCUT2D eigenvalue weighted by Crippen LogP contribution is -2.13. The second kappa shape index (κ2) is 5.45. The predicted molar refractivity (Wildman–Crippen MR) is 70.2 cm³/mol. The number of amides is 1. The molecule has 2 nitrogen and oxygen atoms in total. The van der Waals surface area contributed by atoms with Crippen LogP contribution in [-0.2, 0) is 6.42 Å². The van der Waals surface area contributed by atoms with Gasteiger partial charge in [0, 0.05) is 5.69 Å². The van der Waals surface area contributed by atoms with E-state index < -0.39 is 11.7 Å². The summed E-state index contributed by atoms with van der Waals surface area (Å²) in [6.07, 6.45) is 0.892. The fourth-order valence-electron chi connectivity index (χ4n) is 1.71. The standard InChI is InChI=1S/C15H14FNO/c1-2-11-6-5-7-12(10-11)17-15(18)13-8-3-4-9-14(13)16/h3-10H,2H2,1H3,(H,17,18). The zero-order valence-electron chi connectivity index (χ0n) is 10.1. The molecule has 0 fully saturated rings. The number of aryl methyl sites for hydroxylation is 1. The summed E-state index contributed by atoms with van der Waals surface area (Å²) >= 11 is 0. The average Bonchev–Trinajstić information content (AvgIpc) is 2.39. The average molecular weight is 243 g/mol. The van der Waals surface area contributed by atoms with E-state index in [1.165, 1.54) is 12.1 Å².